The fourth-order valence-electron chi connectivity index (χ4n) is 8.71. The van der Waals surface area contributed by atoms with Crippen LogP contribution in [0.2, 0.25) is 0 Å². The van der Waals surface area contributed by atoms with Crippen LogP contribution in [0.25, 0.3) is 0 Å². The lowest BCUT2D eigenvalue weighted by Gasteiger charge is -2.50. The summed E-state index contributed by atoms with van der Waals surface area (Å²) in [7, 11) is 0. The maximum Gasteiger partial charge on any atom is 0.203 e. The summed E-state index contributed by atoms with van der Waals surface area (Å²) in [5.74, 6) is 1.73. The highest BCUT2D eigenvalue weighted by Crippen LogP contribution is 2.78. The first-order chi connectivity index (χ1) is 16.8. The van der Waals surface area contributed by atoms with Crippen molar-refractivity contribution >= 4 is 0 Å². The third kappa shape index (κ3) is 3.70. The van der Waals surface area contributed by atoms with E-state index < -0.39 is 11.4 Å². The molecule has 0 amide bonds. The molecule has 6 rings (SSSR count). The number of fused-ring (bicyclic) bond motifs is 1. The Balaban J connectivity index is 1.20. The van der Waals surface area contributed by atoms with Crippen LogP contribution in [0.5, 0.6) is 5.75 Å². The minimum absolute atomic E-state index is 0.0292. The molecule has 6 nitrogen and oxygen atoms in total. The highest BCUT2D eigenvalue weighted by atomic mass is 17.1. The van der Waals surface area contributed by atoms with Crippen molar-refractivity contribution in [3.8, 4) is 5.75 Å². The first kappa shape index (κ1) is 24.2. The van der Waals surface area contributed by atoms with Gasteiger partial charge in [-0.25, -0.2) is 10.1 Å². The molecule has 5 aliphatic rings. The summed E-state index contributed by atoms with van der Waals surface area (Å²) < 4.78 is 19.9. The molecule has 2 aliphatic carbocycles. The molecule has 1 aromatic carbocycles. The molecule has 1 N–H and O–H groups in total. The summed E-state index contributed by atoms with van der Waals surface area (Å²) in [6.07, 6.45) is 7.73. The van der Waals surface area contributed by atoms with E-state index in [0.717, 1.165) is 18.7 Å². The van der Waals surface area contributed by atoms with E-state index in [4.69, 9.17) is 19.1 Å². The predicted octanol–water partition coefficient (Wildman–Crippen LogP) is 5.85. The van der Waals surface area contributed by atoms with Gasteiger partial charge >= 0.3 is 0 Å². The molecule has 9 atom stereocenters. The molecule has 3 aliphatic heterocycles. The van der Waals surface area contributed by atoms with Crippen LogP contribution in [0.1, 0.15) is 78.2 Å². The molecule has 3 heterocycles. The van der Waals surface area contributed by atoms with Gasteiger partial charge in [0, 0.05) is 24.3 Å². The number of likely N-dealkylation sites (tertiary alicyclic amines) is 1. The predicted molar refractivity (Wildman–Crippen MR) is 133 cm³/mol. The van der Waals surface area contributed by atoms with Crippen molar-refractivity contribution in [3.63, 3.8) is 0 Å². The largest absolute Gasteiger partial charge is 0.465 e. The van der Waals surface area contributed by atoms with E-state index in [0.29, 0.717) is 24.2 Å². The monoisotopic (exact) mass is 485 g/mol. The van der Waals surface area contributed by atoms with Crippen molar-refractivity contribution in [2.24, 2.45) is 29.1 Å². The minimum atomic E-state index is -0.990. The SMILES string of the molecule is C[C@H]1[C@@H](Oc2ccc(CN3CCCCC3)cc2)O[C@H]2C3(C)O[C@](C)(OO)CC[C@H]4[C@H](C)CC[C@@H]1[C@@]423. The van der Waals surface area contributed by atoms with Gasteiger partial charge in [-0.3, -0.25) is 4.90 Å². The Morgan fingerprint density at radius 3 is 2.46 bits per heavy atom. The van der Waals surface area contributed by atoms with E-state index in [1.54, 1.807) is 0 Å². The van der Waals surface area contributed by atoms with E-state index in [1.165, 1.54) is 50.8 Å². The first-order valence-corrected chi connectivity index (χ1v) is 14.0. The van der Waals surface area contributed by atoms with Crippen molar-refractivity contribution in [2.75, 3.05) is 13.1 Å². The van der Waals surface area contributed by atoms with Crippen LogP contribution >= 0.6 is 0 Å². The quantitative estimate of drug-likeness (QED) is 0.417. The van der Waals surface area contributed by atoms with E-state index in [-0.39, 0.29) is 23.7 Å². The molecule has 1 unspecified atom stereocenters. The molecule has 35 heavy (non-hydrogen) atoms. The van der Waals surface area contributed by atoms with Crippen molar-refractivity contribution in [1.82, 2.24) is 4.90 Å². The second kappa shape index (κ2) is 8.70. The Morgan fingerprint density at radius 2 is 1.74 bits per heavy atom. The zero-order valence-electron chi connectivity index (χ0n) is 21.9. The third-order valence-electron chi connectivity index (χ3n) is 10.5. The van der Waals surface area contributed by atoms with E-state index in [1.807, 2.05) is 6.92 Å². The average Bonchev–Trinajstić information content (AvgIpc) is 3.39. The van der Waals surface area contributed by atoms with Gasteiger partial charge in [-0.15, -0.1) is 0 Å². The molecule has 0 bridgehead atoms. The van der Waals surface area contributed by atoms with Gasteiger partial charge in [0.1, 0.15) is 17.5 Å². The third-order valence-corrected chi connectivity index (χ3v) is 10.5. The topological polar surface area (TPSA) is 60.4 Å². The zero-order valence-corrected chi connectivity index (χ0v) is 21.9. The first-order valence-electron chi connectivity index (χ1n) is 14.0. The van der Waals surface area contributed by atoms with Gasteiger partial charge in [0.25, 0.3) is 0 Å². The Bertz CT molecular complexity index is 918. The van der Waals surface area contributed by atoms with E-state index in [2.05, 4.69) is 49.9 Å². The Morgan fingerprint density at radius 1 is 1.00 bits per heavy atom. The molecular formula is C29H43NO5. The number of nitrogens with zero attached hydrogens (tertiary/aromatic N) is 1. The number of hydrogen-bond acceptors (Lipinski definition) is 6. The molecule has 0 radical (unpaired) electrons. The van der Waals surface area contributed by atoms with Crippen LogP contribution < -0.4 is 4.74 Å². The molecular weight excluding hydrogens is 442 g/mol. The van der Waals surface area contributed by atoms with E-state index >= 15 is 0 Å². The molecule has 194 valence electrons. The number of benzene rings is 1. The second-order valence-electron chi connectivity index (χ2n) is 12.5. The lowest BCUT2D eigenvalue weighted by Crippen LogP contribution is -2.50. The molecule has 0 aromatic heterocycles. The summed E-state index contributed by atoms with van der Waals surface area (Å²) in [6, 6.07) is 8.61. The Hall–Kier alpha value is -1.18. The Kier molecular flexibility index (Phi) is 6.01. The molecule has 1 aromatic rings. The van der Waals surface area contributed by atoms with Gasteiger partial charge in [0.05, 0.1) is 0 Å². The van der Waals surface area contributed by atoms with Crippen LogP contribution in [0, 0.1) is 29.1 Å². The summed E-state index contributed by atoms with van der Waals surface area (Å²) in [5.41, 5.74) is 0.836. The highest BCUT2D eigenvalue weighted by molar-refractivity contribution is 5.34. The van der Waals surface area contributed by atoms with Crippen molar-refractivity contribution in [2.45, 2.75) is 103 Å². The molecule has 2 saturated carbocycles. The van der Waals surface area contributed by atoms with Crippen LogP contribution in [0.3, 0.4) is 0 Å². The maximum absolute atomic E-state index is 9.69. The van der Waals surface area contributed by atoms with Gasteiger partial charge in [-0.05, 0) is 88.1 Å². The summed E-state index contributed by atoms with van der Waals surface area (Å²) in [5, 5.41) is 9.69. The highest BCUT2D eigenvalue weighted by Gasteiger charge is 2.87. The smallest absolute Gasteiger partial charge is 0.203 e. The lowest BCUT2D eigenvalue weighted by atomic mass is 9.58. The zero-order chi connectivity index (χ0) is 24.4. The van der Waals surface area contributed by atoms with Crippen LogP contribution in [-0.2, 0) is 20.9 Å². The molecule has 5 fully saturated rings. The van der Waals surface area contributed by atoms with Gasteiger partial charge in [-0.2, -0.15) is 0 Å². The number of rotatable bonds is 5. The van der Waals surface area contributed by atoms with Crippen LogP contribution in [0.15, 0.2) is 24.3 Å². The number of ether oxygens (including phenoxy) is 3. The van der Waals surface area contributed by atoms with Crippen molar-refractivity contribution < 1.29 is 24.4 Å². The Labute approximate surface area is 210 Å². The van der Waals surface area contributed by atoms with Crippen LogP contribution in [0.4, 0.5) is 0 Å². The molecule has 1 spiro atoms. The maximum atomic E-state index is 9.69. The minimum Gasteiger partial charge on any atom is -0.465 e. The fourth-order valence-corrected chi connectivity index (χ4v) is 8.71. The average molecular weight is 486 g/mol. The van der Waals surface area contributed by atoms with Gasteiger partial charge < -0.3 is 14.2 Å². The normalized spacial score (nSPS) is 47.3. The lowest BCUT2D eigenvalue weighted by molar-refractivity contribution is -0.412. The molecule has 6 heteroatoms. The summed E-state index contributed by atoms with van der Waals surface area (Å²) >= 11 is 0. The standard InChI is InChI=1S/C29H43NO5/c1-19-8-13-24-20(2)25(32-22-11-9-21(10-12-22)18-30-16-6-5-7-17-30)33-26-28(4)29(24,26)23(19)14-15-27(3,34-28)35-31/h9-12,19-20,23-26,31H,5-8,13-18H2,1-4H3/t19-,20-,23+,24+,25+,26+,27-,28?,29+/m1/s1. The van der Waals surface area contributed by atoms with Crippen molar-refractivity contribution in [3.05, 3.63) is 29.8 Å². The van der Waals surface area contributed by atoms with Gasteiger partial charge in [-0.1, -0.05) is 38.8 Å². The van der Waals surface area contributed by atoms with E-state index in [9.17, 15) is 5.26 Å². The summed E-state index contributed by atoms with van der Waals surface area (Å²) in [6.45, 7) is 12.1. The number of hydrogen-bond donors (Lipinski definition) is 1. The number of piperidine rings is 1. The van der Waals surface area contributed by atoms with Crippen molar-refractivity contribution in [1.29, 1.82) is 0 Å². The van der Waals surface area contributed by atoms with Gasteiger partial charge in [0.15, 0.2) is 5.79 Å². The molecule has 3 saturated heterocycles. The van der Waals surface area contributed by atoms with Crippen LogP contribution in [-0.4, -0.2) is 47.0 Å². The summed E-state index contributed by atoms with van der Waals surface area (Å²) in [4.78, 5) is 7.46. The van der Waals surface area contributed by atoms with Gasteiger partial charge in [0.2, 0.25) is 6.29 Å². The second-order valence-corrected chi connectivity index (χ2v) is 12.5. The fraction of sp³-hybridized carbons (Fsp3) is 0.793.